The number of fused-ring (bicyclic) bond motifs is 1. The Kier molecular flexibility index (Phi) is 4.15. The average molecular weight is 310 g/mol. The lowest BCUT2D eigenvalue weighted by molar-refractivity contribution is 0.0643. The second kappa shape index (κ2) is 6.04. The summed E-state index contributed by atoms with van der Waals surface area (Å²) in [6, 6.07) is 12.0. The molecule has 2 unspecified atom stereocenters. The maximum Gasteiger partial charge on any atom is 0.161 e. The zero-order chi connectivity index (χ0) is 13.9. The molecule has 0 amide bonds. The molecule has 106 valence electrons. The molecule has 1 N–H and O–H groups in total. The number of ether oxygens (including phenoxy) is 2. The van der Waals surface area contributed by atoms with E-state index in [0.29, 0.717) is 6.61 Å². The first-order valence-electron chi connectivity index (χ1n) is 6.56. The highest BCUT2D eigenvalue weighted by Crippen LogP contribution is 2.32. The van der Waals surface area contributed by atoms with E-state index in [0.717, 1.165) is 22.3 Å². The zero-order valence-corrected chi connectivity index (χ0v) is 12.7. The summed E-state index contributed by atoms with van der Waals surface area (Å²) < 4.78 is 12.6. The molecular formula is C15H16ClNO2S. The highest BCUT2D eigenvalue weighted by Gasteiger charge is 2.28. The van der Waals surface area contributed by atoms with Gasteiger partial charge in [0.25, 0.3) is 0 Å². The van der Waals surface area contributed by atoms with Crippen molar-refractivity contribution < 1.29 is 9.47 Å². The molecule has 0 radical (unpaired) electrons. The first-order chi connectivity index (χ1) is 9.76. The molecular weight excluding hydrogens is 294 g/mol. The Labute approximate surface area is 127 Å². The van der Waals surface area contributed by atoms with E-state index in [-0.39, 0.29) is 12.1 Å². The Morgan fingerprint density at radius 2 is 2.10 bits per heavy atom. The van der Waals surface area contributed by atoms with Gasteiger partial charge < -0.3 is 14.8 Å². The van der Waals surface area contributed by atoms with Gasteiger partial charge in [-0.15, -0.1) is 11.3 Å². The van der Waals surface area contributed by atoms with Gasteiger partial charge in [0, 0.05) is 11.3 Å². The Morgan fingerprint density at radius 3 is 2.80 bits per heavy atom. The van der Waals surface area contributed by atoms with Crippen LogP contribution in [0.25, 0.3) is 0 Å². The van der Waals surface area contributed by atoms with Crippen molar-refractivity contribution in [1.82, 2.24) is 5.32 Å². The predicted octanol–water partition coefficient (Wildman–Crippen LogP) is 3.37. The van der Waals surface area contributed by atoms with Crippen molar-refractivity contribution in [2.45, 2.75) is 18.6 Å². The molecule has 0 saturated carbocycles. The predicted molar refractivity (Wildman–Crippen MR) is 82.2 cm³/mol. The summed E-state index contributed by atoms with van der Waals surface area (Å²) in [5.41, 5.74) is 0. The van der Waals surface area contributed by atoms with Crippen LogP contribution in [-0.4, -0.2) is 25.8 Å². The SMILES string of the molecule is CNC(Cc1ccc(Cl)s1)C1COc2ccccc2O1. The summed E-state index contributed by atoms with van der Waals surface area (Å²) in [4.78, 5) is 1.25. The van der Waals surface area contributed by atoms with Gasteiger partial charge in [0.1, 0.15) is 12.7 Å². The van der Waals surface area contributed by atoms with Crippen LogP contribution >= 0.6 is 22.9 Å². The van der Waals surface area contributed by atoms with Crippen molar-refractivity contribution in [3.05, 3.63) is 45.6 Å². The molecule has 1 aliphatic heterocycles. The molecule has 0 bridgehead atoms. The normalized spacial score (nSPS) is 18.8. The molecule has 1 aromatic heterocycles. The van der Waals surface area contributed by atoms with Crippen molar-refractivity contribution in [1.29, 1.82) is 0 Å². The monoisotopic (exact) mass is 309 g/mol. The van der Waals surface area contributed by atoms with Gasteiger partial charge >= 0.3 is 0 Å². The molecule has 2 aromatic rings. The Hall–Kier alpha value is -1.23. The van der Waals surface area contributed by atoms with Gasteiger partial charge in [-0.1, -0.05) is 23.7 Å². The molecule has 3 rings (SSSR count). The van der Waals surface area contributed by atoms with E-state index in [1.54, 1.807) is 11.3 Å². The first kappa shape index (κ1) is 13.7. The number of likely N-dealkylation sites (N-methyl/N-ethyl adjacent to an activating group) is 1. The smallest absolute Gasteiger partial charge is 0.161 e. The maximum absolute atomic E-state index is 6.05. The molecule has 0 saturated heterocycles. The van der Waals surface area contributed by atoms with Gasteiger partial charge in [-0.25, -0.2) is 0 Å². The van der Waals surface area contributed by atoms with Crippen LogP contribution in [0.15, 0.2) is 36.4 Å². The summed E-state index contributed by atoms with van der Waals surface area (Å²) >= 11 is 7.59. The minimum atomic E-state index is -0.00391. The third-order valence-corrected chi connectivity index (χ3v) is 4.65. The first-order valence-corrected chi connectivity index (χ1v) is 7.75. The fourth-order valence-electron chi connectivity index (χ4n) is 2.33. The van der Waals surface area contributed by atoms with Gasteiger partial charge in [-0.2, -0.15) is 0 Å². The summed E-state index contributed by atoms with van der Waals surface area (Å²) in [6.07, 6.45) is 0.875. The number of nitrogens with one attached hydrogen (secondary N) is 1. The van der Waals surface area contributed by atoms with Gasteiger partial charge in [0.15, 0.2) is 11.5 Å². The quantitative estimate of drug-likeness (QED) is 0.939. The number of hydrogen-bond donors (Lipinski definition) is 1. The van der Waals surface area contributed by atoms with E-state index in [4.69, 9.17) is 21.1 Å². The van der Waals surface area contributed by atoms with Crippen LogP contribution in [0.4, 0.5) is 0 Å². The summed E-state index contributed by atoms with van der Waals surface area (Å²) in [5.74, 6) is 1.63. The van der Waals surface area contributed by atoms with Crippen LogP contribution in [0, 0.1) is 0 Å². The van der Waals surface area contributed by atoms with Gasteiger partial charge in [0.2, 0.25) is 0 Å². The molecule has 3 nitrogen and oxygen atoms in total. The highest BCUT2D eigenvalue weighted by molar-refractivity contribution is 7.16. The number of para-hydroxylation sites is 2. The fraction of sp³-hybridized carbons (Fsp3) is 0.333. The summed E-state index contributed by atoms with van der Waals surface area (Å²) in [7, 11) is 1.95. The van der Waals surface area contributed by atoms with E-state index >= 15 is 0 Å². The van der Waals surface area contributed by atoms with E-state index in [1.165, 1.54) is 4.88 Å². The van der Waals surface area contributed by atoms with Crippen molar-refractivity contribution in [2.75, 3.05) is 13.7 Å². The van der Waals surface area contributed by atoms with Crippen molar-refractivity contribution in [2.24, 2.45) is 0 Å². The second-order valence-electron chi connectivity index (χ2n) is 4.72. The lowest BCUT2D eigenvalue weighted by Crippen LogP contribution is -2.47. The minimum absolute atomic E-state index is 0.00391. The lowest BCUT2D eigenvalue weighted by atomic mass is 10.1. The van der Waals surface area contributed by atoms with Crippen LogP contribution in [0.3, 0.4) is 0 Å². The maximum atomic E-state index is 6.05. The standard InChI is InChI=1S/C15H16ClNO2S/c1-17-11(8-10-6-7-15(16)20-10)14-9-18-12-4-2-3-5-13(12)19-14/h2-7,11,14,17H,8-9H2,1H3. The van der Waals surface area contributed by atoms with Gasteiger partial charge in [0.05, 0.1) is 10.4 Å². The largest absolute Gasteiger partial charge is 0.486 e. The number of rotatable bonds is 4. The minimum Gasteiger partial charge on any atom is -0.486 e. The number of halogens is 1. The summed E-state index contributed by atoms with van der Waals surface area (Å²) in [6.45, 7) is 0.557. The molecule has 20 heavy (non-hydrogen) atoms. The fourth-order valence-corrected chi connectivity index (χ4v) is 3.48. The van der Waals surface area contributed by atoms with Gasteiger partial charge in [-0.3, -0.25) is 0 Å². The van der Waals surface area contributed by atoms with Crippen molar-refractivity contribution in [3.8, 4) is 11.5 Å². The molecule has 2 heterocycles. The number of hydrogen-bond acceptors (Lipinski definition) is 4. The Balaban J connectivity index is 1.71. The Morgan fingerprint density at radius 1 is 1.30 bits per heavy atom. The lowest BCUT2D eigenvalue weighted by Gasteiger charge is -2.31. The van der Waals surface area contributed by atoms with Crippen LogP contribution in [-0.2, 0) is 6.42 Å². The van der Waals surface area contributed by atoms with E-state index in [9.17, 15) is 0 Å². The molecule has 0 fully saturated rings. The van der Waals surface area contributed by atoms with Crippen LogP contribution in [0.5, 0.6) is 11.5 Å². The van der Waals surface area contributed by atoms with Crippen molar-refractivity contribution >= 4 is 22.9 Å². The van der Waals surface area contributed by atoms with Crippen LogP contribution in [0.2, 0.25) is 4.34 Å². The highest BCUT2D eigenvalue weighted by atomic mass is 35.5. The van der Waals surface area contributed by atoms with E-state index in [1.807, 2.05) is 37.4 Å². The number of thiophene rings is 1. The second-order valence-corrected chi connectivity index (χ2v) is 6.52. The summed E-state index contributed by atoms with van der Waals surface area (Å²) in [5, 5.41) is 3.32. The molecule has 1 aliphatic rings. The topological polar surface area (TPSA) is 30.5 Å². The third kappa shape index (κ3) is 2.92. The van der Waals surface area contributed by atoms with Crippen molar-refractivity contribution in [3.63, 3.8) is 0 Å². The molecule has 1 aromatic carbocycles. The Bertz CT molecular complexity index is 587. The van der Waals surface area contributed by atoms with Gasteiger partial charge in [-0.05, 0) is 31.3 Å². The zero-order valence-electron chi connectivity index (χ0n) is 11.1. The molecule has 5 heteroatoms. The van der Waals surface area contributed by atoms with Crippen LogP contribution < -0.4 is 14.8 Å². The van der Waals surface area contributed by atoms with E-state index < -0.39 is 0 Å². The molecule has 0 spiro atoms. The van der Waals surface area contributed by atoms with Crippen LogP contribution in [0.1, 0.15) is 4.88 Å². The number of benzene rings is 1. The van der Waals surface area contributed by atoms with E-state index in [2.05, 4.69) is 11.4 Å². The third-order valence-electron chi connectivity index (χ3n) is 3.40. The molecule has 0 aliphatic carbocycles. The average Bonchev–Trinajstić information content (AvgIpc) is 2.89. The molecule has 2 atom stereocenters.